The number of nitro groups is 1. The van der Waals surface area contributed by atoms with E-state index in [0.29, 0.717) is 17.0 Å². The molecular formula is C23H18N4O4S2. The summed E-state index contributed by atoms with van der Waals surface area (Å²) in [5, 5.41) is 17.5. The van der Waals surface area contributed by atoms with Crippen LogP contribution in [0, 0.1) is 17.0 Å². The fourth-order valence-corrected chi connectivity index (χ4v) is 4.38. The Morgan fingerprint density at radius 2 is 1.94 bits per heavy atom. The highest BCUT2D eigenvalue weighted by molar-refractivity contribution is 7.80. The third kappa shape index (κ3) is 4.81. The summed E-state index contributed by atoms with van der Waals surface area (Å²) in [6.07, 6.45) is 0. The molecule has 0 aliphatic rings. The summed E-state index contributed by atoms with van der Waals surface area (Å²) in [7, 11) is 1.53. The normalized spacial score (nSPS) is 10.6. The molecule has 0 aliphatic heterocycles. The number of nitrogens with zero attached hydrogens (tertiary/aromatic N) is 2. The van der Waals surface area contributed by atoms with Crippen molar-refractivity contribution in [3.8, 4) is 16.3 Å². The summed E-state index contributed by atoms with van der Waals surface area (Å²) in [6, 6.07) is 17.7. The number of rotatable bonds is 5. The van der Waals surface area contributed by atoms with Gasteiger partial charge in [0, 0.05) is 22.8 Å². The largest absolute Gasteiger partial charge is 0.495 e. The highest BCUT2D eigenvalue weighted by atomic mass is 32.1. The number of aromatic nitrogens is 1. The number of aryl methyl sites for hydroxylation is 1. The molecule has 4 aromatic rings. The zero-order valence-electron chi connectivity index (χ0n) is 17.6. The lowest BCUT2D eigenvalue weighted by Crippen LogP contribution is -2.34. The molecule has 0 fully saturated rings. The lowest BCUT2D eigenvalue weighted by Gasteiger charge is -2.14. The predicted octanol–water partition coefficient (Wildman–Crippen LogP) is 5.32. The summed E-state index contributed by atoms with van der Waals surface area (Å²) < 4.78 is 6.49. The van der Waals surface area contributed by atoms with E-state index in [1.807, 2.05) is 36.4 Å². The van der Waals surface area contributed by atoms with Gasteiger partial charge >= 0.3 is 0 Å². The number of nitro benzene ring substituents is 1. The molecule has 0 bridgehead atoms. The lowest BCUT2D eigenvalue weighted by atomic mass is 10.1. The fourth-order valence-electron chi connectivity index (χ4n) is 3.21. The van der Waals surface area contributed by atoms with Gasteiger partial charge in [0.05, 0.1) is 27.9 Å². The van der Waals surface area contributed by atoms with Crippen molar-refractivity contribution in [3.05, 3.63) is 81.9 Å². The number of para-hydroxylation sites is 1. The Kier molecular flexibility index (Phi) is 6.29. The molecule has 33 heavy (non-hydrogen) atoms. The Balaban J connectivity index is 1.55. The smallest absolute Gasteiger partial charge is 0.273 e. The average molecular weight is 479 g/mol. The number of fused-ring (bicyclic) bond motifs is 1. The third-order valence-corrected chi connectivity index (χ3v) is 6.17. The second-order valence-electron chi connectivity index (χ2n) is 7.07. The molecular weight excluding hydrogens is 460 g/mol. The van der Waals surface area contributed by atoms with Gasteiger partial charge in [-0.25, -0.2) is 4.98 Å². The highest BCUT2D eigenvalue weighted by Crippen LogP contribution is 2.34. The first-order valence-electron chi connectivity index (χ1n) is 9.77. The molecule has 4 rings (SSSR count). The molecule has 1 amide bonds. The van der Waals surface area contributed by atoms with Crippen molar-refractivity contribution < 1.29 is 14.5 Å². The fraction of sp³-hybridized carbons (Fsp3) is 0.0870. The highest BCUT2D eigenvalue weighted by Gasteiger charge is 2.17. The van der Waals surface area contributed by atoms with Gasteiger partial charge in [-0.3, -0.25) is 20.2 Å². The maximum atomic E-state index is 12.6. The van der Waals surface area contributed by atoms with Crippen molar-refractivity contribution in [2.45, 2.75) is 6.92 Å². The molecule has 3 aromatic carbocycles. The van der Waals surface area contributed by atoms with Gasteiger partial charge in [0.15, 0.2) is 5.11 Å². The van der Waals surface area contributed by atoms with Crippen molar-refractivity contribution in [3.63, 3.8) is 0 Å². The van der Waals surface area contributed by atoms with Gasteiger partial charge in [-0.2, -0.15) is 0 Å². The molecule has 1 aromatic heterocycles. The van der Waals surface area contributed by atoms with E-state index in [2.05, 4.69) is 15.6 Å². The molecule has 0 unspecified atom stereocenters. The van der Waals surface area contributed by atoms with Gasteiger partial charge in [0.25, 0.3) is 11.6 Å². The monoisotopic (exact) mass is 478 g/mol. The van der Waals surface area contributed by atoms with Crippen molar-refractivity contribution in [1.82, 2.24) is 10.3 Å². The summed E-state index contributed by atoms with van der Waals surface area (Å²) in [6.45, 7) is 1.61. The number of thiocarbonyl (C=S) groups is 1. The van der Waals surface area contributed by atoms with E-state index in [4.69, 9.17) is 17.0 Å². The number of carbonyl (C=O) groups excluding carboxylic acids is 1. The Morgan fingerprint density at radius 3 is 2.67 bits per heavy atom. The second-order valence-corrected chi connectivity index (χ2v) is 8.51. The molecule has 0 saturated carbocycles. The number of methoxy groups -OCH3 is 1. The Labute approximate surface area is 198 Å². The first kappa shape index (κ1) is 22.3. The van der Waals surface area contributed by atoms with Crippen molar-refractivity contribution in [1.29, 1.82) is 0 Å². The summed E-state index contributed by atoms with van der Waals surface area (Å²) in [5.74, 6) is -0.0284. The van der Waals surface area contributed by atoms with Gasteiger partial charge < -0.3 is 10.1 Å². The number of thiazole rings is 1. The van der Waals surface area contributed by atoms with Crippen LogP contribution in [0.3, 0.4) is 0 Å². The van der Waals surface area contributed by atoms with E-state index in [0.717, 1.165) is 20.8 Å². The molecule has 10 heteroatoms. The van der Waals surface area contributed by atoms with Crippen LogP contribution in [0.25, 0.3) is 20.8 Å². The quantitative estimate of drug-likeness (QED) is 0.227. The second kappa shape index (κ2) is 9.31. The van der Waals surface area contributed by atoms with Gasteiger partial charge in [-0.05, 0) is 55.5 Å². The topological polar surface area (TPSA) is 106 Å². The van der Waals surface area contributed by atoms with Crippen LogP contribution in [-0.2, 0) is 0 Å². The first-order valence-corrected chi connectivity index (χ1v) is 11.0. The van der Waals surface area contributed by atoms with Crippen LogP contribution in [0.5, 0.6) is 5.75 Å². The maximum absolute atomic E-state index is 12.6. The van der Waals surface area contributed by atoms with Gasteiger partial charge in [0.2, 0.25) is 0 Å². The van der Waals surface area contributed by atoms with E-state index in [9.17, 15) is 14.9 Å². The standard InChI is InChI=1S/C23H18N4O4S2/c1-13-7-8-14(12-18(13)27(29)30)21(28)26-23(32)25-17-11-15(9-10-19(17)31-2)22-24-16-5-3-4-6-20(16)33-22/h3-12H,1-2H3,(H2,25,26,28,32). The number of carbonyl (C=O) groups is 1. The Bertz CT molecular complexity index is 1370. The molecule has 0 aliphatic carbocycles. The van der Waals surface area contributed by atoms with Crippen LogP contribution in [0.2, 0.25) is 0 Å². The van der Waals surface area contributed by atoms with Crippen LogP contribution in [0.4, 0.5) is 11.4 Å². The molecule has 8 nitrogen and oxygen atoms in total. The molecule has 0 spiro atoms. The number of anilines is 1. The number of hydrogen-bond donors (Lipinski definition) is 2. The van der Waals surface area contributed by atoms with E-state index < -0.39 is 10.8 Å². The Hall–Kier alpha value is -3.89. The molecule has 166 valence electrons. The number of nitrogens with one attached hydrogen (secondary N) is 2. The zero-order valence-corrected chi connectivity index (χ0v) is 19.3. The molecule has 0 radical (unpaired) electrons. The summed E-state index contributed by atoms with van der Waals surface area (Å²) in [4.78, 5) is 27.9. The van der Waals surface area contributed by atoms with Crippen molar-refractivity contribution in [2.24, 2.45) is 0 Å². The number of ether oxygens (including phenoxy) is 1. The minimum atomic E-state index is -0.558. The van der Waals surface area contributed by atoms with Crippen LogP contribution in [0.1, 0.15) is 15.9 Å². The summed E-state index contributed by atoms with van der Waals surface area (Å²) in [5.41, 5.74) is 2.79. The van der Waals surface area contributed by atoms with Gasteiger partial charge in [-0.15, -0.1) is 11.3 Å². The third-order valence-electron chi connectivity index (χ3n) is 4.88. The number of hydrogen-bond acceptors (Lipinski definition) is 7. The average Bonchev–Trinajstić information content (AvgIpc) is 3.23. The first-order chi connectivity index (χ1) is 15.9. The van der Waals surface area contributed by atoms with Gasteiger partial charge in [-0.1, -0.05) is 18.2 Å². The van der Waals surface area contributed by atoms with Crippen molar-refractivity contribution in [2.75, 3.05) is 12.4 Å². The van der Waals surface area contributed by atoms with Crippen LogP contribution >= 0.6 is 23.6 Å². The minimum Gasteiger partial charge on any atom is -0.495 e. The van der Waals surface area contributed by atoms with E-state index >= 15 is 0 Å². The molecule has 0 atom stereocenters. The van der Waals surface area contributed by atoms with Crippen LogP contribution in [0.15, 0.2) is 60.7 Å². The molecule has 0 saturated heterocycles. The number of amides is 1. The number of benzene rings is 3. The van der Waals surface area contributed by atoms with Crippen molar-refractivity contribution >= 4 is 56.2 Å². The predicted molar refractivity (Wildman–Crippen MR) is 133 cm³/mol. The molecule has 2 N–H and O–H groups in total. The summed E-state index contributed by atoms with van der Waals surface area (Å²) >= 11 is 6.86. The van der Waals surface area contributed by atoms with Crippen LogP contribution < -0.4 is 15.4 Å². The Morgan fingerprint density at radius 1 is 1.15 bits per heavy atom. The van der Waals surface area contributed by atoms with Gasteiger partial charge in [0.1, 0.15) is 10.8 Å². The minimum absolute atomic E-state index is 0.0305. The van der Waals surface area contributed by atoms with E-state index in [-0.39, 0.29) is 16.4 Å². The zero-order chi connectivity index (χ0) is 23.5. The maximum Gasteiger partial charge on any atom is 0.273 e. The lowest BCUT2D eigenvalue weighted by molar-refractivity contribution is -0.385. The van der Waals surface area contributed by atoms with Crippen LogP contribution in [-0.4, -0.2) is 28.0 Å². The SMILES string of the molecule is COc1ccc(-c2nc3ccccc3s2)cc1NC(=S)NC(=O)c1ccc(C)c([N+](=O)[O-])c1. The molecule has 1 heterocycles. The van der Waals surface area contributed by atoms with E-state index in [1.165, 1.54) is 25.3 Å². The van der Waals surface area contributed by atoms with E-state index in [1.54, 1.807) is 24.3 Å².